The molecule has 21 heavy (non-hydrogen) atoms. The van der Waals surface area contributed by atoms with Gasteiger partial charge in [0.25, 0.3) is 0 Å². The van der Waals surface area contributed by atoms with E-state index in [1.54, 1.807) is 12.5 Å². The second-order valence-electron chi connectivity index (χ2n) is 4.59. The Morgan fingerprint density at radius 1 is 1.00 bits per heavy atom. The van der Waals surface area contributed by atoms with Crippen LogP contribution in [-0.2, 0) is 6.54 Å². The van der Waals surface area contributed by atoms with Gasteiger partial charge in [-0.1, -0.05) is 41.4 Å². The number of nitrogens with one attached hydrogen (secondary N) is 1. The summed E-state index contributed by atoms with van der Waals surface area (Å²) in [5.74, 6) is 0. The molecule has 0 amide bonds. The average Bonchev–Trinajstić information content (AvgIpc) is 3.02. The number of imidazole rings is 1. The first-order valence-corrected chi connectivity index (χ1v) is 7.25. The Labute approximate surface area is 133 Å². The van der Waals surface area contributed by atoms with Crippen LogP contribution in [-0.4, -0.2) is 9.55 Å². The van der Waals surface area contributed by atoms with Gasteiger partial charge in [0.2, 0.25) is 0 Å². The van der Waals surface area contributed by atoms with E-state index in [1.807, 2.05) is 41.1 Å². The molecule has 0 aliphatic heterocycles. The highest BCUT2D eigenvalue weighted by molar-refractivity contribution is 6.39. The third kappa shape index (κ3) is 3.20. The smallest absolute Gasteiger partial charge is 0.0991 e. The van der Waals surface area contributed by atoms with Crippen molar-refractivity contribution in [1.29, 1.82) is 0 Å². The quantitative estimate of drug-likeness (QED) is 0.749. The van der Waals surface area contributed by atoms with Gasteiger partial charge >= 0.3 is 0 Å². The van der Waals surface area contributed by atoms with Crippen LogP contribution in [0.1, 0.15) is 5.56 Å². The van der Waals surface area contributed by atoms with Crippen molar-refractivity contribution in [1.82, 2.24) is 9.55 Å². The van der Waals surface area contributed by atoms with E-state index in [4.69, 9.17) is 23.2 Å². The maximum Gasteiger partial charge on any atom is 0.0991 e. The largest absolute Gasteiger partial charge is 0.379 e. The van der Waals surface area contributed by atoms with Gasteiger partial charge in [0.05, 0.1) is 22.1 Å². The Hall–Kier alpha value is -1.97. The number of hydrogen-bond acceptors (Lipinski definition) is 2. The fourth-order valence-corrected chi connectivity index (χ4v) is 2.59. The van der Waals surface area contributed by atoms with Gasteiger partial charge in [0.15, 0.2) is 0 Å². The molecule has 5 heteroatoms. The van der Waals surface area contributed by atoms with Crippen molar-refractivity contribution >= 4 is 28.9 Å². The van der Waals surface area contributed by atoms with Gasteiger partial charge in [0.1, 0.15) is 0 Å². The van der Waals surface area contributed by atoms with E-state index >= 15 is 0 Å². The zero-order chi connectivity index (χ0) is 14.7. The van der Waals surface area contributed by atoms with E-state index in [0.717, 1.165) is 16.9 Å². The molecule has 0 bridgehead atoms. The molecule has 3 aromatic rings. The number of aromatic nitrogens is 2. The van der Waals surface area contributed by atoms with Crippen LogP contribution in [0.15, 0.2) is 61.2 Å². The average molecular weight is 318 g/mol. The van der Waals surface area contributed by atoms with E-state index in [1.165, 1.54) is 0 Å². The lowest BCUT2D eigenvalue weighted by molar-refractivity contribution is 1.05. The summed E-state index contributed by atoms with van der Waals surface area (Å²) in [6, 6.07) is 13.7. The van der Waals surface area contributed by atoms with Crippen LogP contribution in [0.25, 0.3) is 5.69 Å². The van der Waals surface area contributed by atoms with Crippen LogP contribution >= 0.6 is 23.2 Å². The Morgan fingerprint density at radius 2 is 1.71 bits per heavy atom. The standard InChI is InChI=1S/C16H13Cl2N3/c17-14-2-1-3-15(18)16(14)20-10-12-4-6-13(7-5-12)21-9-8-19-11-21/h1-9,11,20H,10H2. The van der Waals surface area contributed by atoms with Crippen LogP contribution in [0.2, 0.25) is 10.0 Å². The van der Waals surface area contributed by atoms with Crippen molar-refractivity contribution in [3.8, 4) is 5.69 Å². The molecule has 1 aromatic heterocycles. The van der Waals surface area contributed by atoms with Crippen molar-refractivity contribution in [2.24, 2.45) is 0 Å². The molecule has 0 unspecified atom stereocenters. The molecular weight excluding hydrogens is 305 g/mol. The molecule has 0 aliphatic carbocycles. The molecule has 0 radical (unpaired) electrons. The first-order chi connectivity index (χ1) is 10.2. The minimum atomic E-state index is 0.623. The number of benzene rings is 2. The number of rotatable bonds is 4. The highest BCUT2D eigenvalue weighted by Gasteiger charge is 2.04. The summed E-state index contributed by atoms with van der Waals surface area (Å²) in [5, 5.41) is 4.51. The van der Waals surface area contributed by atoms with Gasteiger partial charge in [0, 0.05) is 24.6 Å². The Kier molecular flexibility index (Phi) is 4.13. The van der Waals surface area contributed by atoms with Gasteiger partial charge in [-0.25, -0.2) is 4.98 Å². The molecule has 0 spiro atoms. The summed E-state index contributed by atoms with van der Waals surface area (Å²) in [4.78, 5) is 4.04. The monoisotopic (exact) mass is 317 g/mol. The SMILES string of the molecule is Clc1cccc(Cl)c1NCc1ccc(-n2ccnc2)cc1. The zero-order valence-electron chi connectivity index (χ0n) is 11.1. The zero-order valence-corrected chi connectivity index (χ0v) is 12.6. The topological polar surface area (TPSA) is 29.9 Å². The number of nitrogens with zero attached hydrogens (tertiary/aromatic N) is 2. The van der Waals surface area contributed by atoms with Crippen LogP contribution in [0.5, 0.6) is 0 Å². The van der Waals surface area contributed by atoms with Crippen molar-refractivity contribution in [3.05, 3.63) is 76.8 Å². The van der Waals surface area contributed by atoms with Gasteiger partial charge in [-0.3, -0.25) is 0 Å². The number of anilines is 1. The lowest BCUT2D eigenvalue weighted by atomic mass is 10.2. The fraction of sp³-hybridized carbons (Fsp3) is 0.0625. The molecule has 0 aliphatic rings. The van der Waals surface area contributed by atoms with Crippen LogP contribution in [0.4, 0.5) is 5.69 Å². The summed E-state index contributed by atoms with van der Waals surface area (Å²) in [7, 11) is 0. The lowest BCUT2D eigenvalue weighted by Crippen LogP contribution is -2.01. The molecule has 0 saturated heterocycles. The Bertz CT molecular complexity index is 702. The predicted octanol–water partition coefficient (Wildman–Crippen LogP) is 4.79. The summed E-state index contributed by atoms with van der Waals surface area (Å²) < 4.78 is 1.96. The predicted molar refractivity (Wildman–Crippen MR) is 87.4 cm³/mol. The van der Waals surface area contributed by atoms with Crippen LogP contribution < -0.4 is 5.32 Å². The Balaban J connectivity index is 1.71. The second kappa shape index (κ2) is 6.20. The molecule has 3 rings (SSSR count). The van der Waals surface area contributed by atoms with Crippen molar-refractivity contribution in [3.63, 3.8) is 0 Å². The molecule has 1 N–H and O–H groups in total. The molecule has 106 valence electrons. The maximum atomic E-state index is 6.13. The van der Waals surface area contributed by atoms with Crippen LogP contribution in [0, 0.1) is 0 Å². The van der Waals surface area contributed by atoms with E-state index < -0.39 is 0 Å². The molecule has 1 heterocycles. The lowest BCUT2D eigenvalue weighted by Gasteiger charge is -2.11. The summed E-state index contributed by atoms with van der Waals surface area (Å²) >= 11 is 12.3. The van der Waals surface area contributed by atoms with Crippen molar-refractivity contribution in [2.45, 2.75) is 6.54 Å². The summed E-state index contributed by atoms with van der Waals surface area (Å²) in [6.07, 6.45) is 5.45. The van der Waals surface area contributed by atoms with Gasteiger partial charge in [-0.2, -0.15) is 0 Å². The number of para-hydroxylation sites is 1. The fourth-order valence-electron chi connectivity index (χ4n) is 2.05. The molecule has 0 atom stereocenters. The maximum absolute atomic E-state index is 6.13. The van der Waals surface area contributed by atoms with Gasteiger partial charge < -0.3 is 9.88 Å². The summed E-state index contributed by atoms with van der Waals surface area (Å²) in [6.45, 7) is 0.660. The first-order valence-electron chi connectivity index (χ1n) is 6.49. The summed E-state index contributed by atoms with van der Waals surface area (Å²) in [5.41, 5.74) is 2.99. The first kappa shape index (κ1) is 14.0. The van der Waals surface area contributed by atoms with E-state index in [-0.39, 0.29) is 0 Å². The molecule has 0 fully saturated rings. The van der Waals surface area contributed by atoms with Crippen molar-refractivity contribution < 1.29 is 0 Å². The van der Waals surface area contributed by atoms with E-state index in [2.05, 4.69) is 22.4 Å². The van der Waals surface area contributed by atoms with Crippen molar-refractivity contribution in [2.75, 3.05) is 5.32 Å². The number of halogens is 2. The van der Waals surface area contributed by atoms with E-state index in [9.17, 15) is 0 Å². The van der Waals surface area contributed by atoms with Gasteiger partial charge in [-0.05, 0) is 29.8 Å². The molecular formula is C16H13Cl2N3. The minimum Gasteiger partial charge on any atom is -0.379 e. The highest BCUT2D eigenvalue weighted by atomic mass is 35.5. The normalized spacial score (nSPS) is 10.6. The highest BCUT2D eigenvalue weighted by Crippen LogP contribution is 2.30. The minimum absolute atomic E-state index is 0.623. The van der Waals surface area contributed by atoms with E-state index in [0.29, 0.717) is 16.6 Å². The number of hydrogen-bond donors (Lipinski definition) is 1. The third-order valence-corrected chi connectivity index (χ3v) is 3.80. The van der Waals surface area contributed by atoms with Gasteiger partial charge in [-0.15, -0.1) is 0 Å². The van der Waals surface area contributed by atoms with Crippen LogP contribution in [0.3, 0.4) is 0 Å². The molecule has 0 saturated carbocycles. The molecule has 3 nitrogen and oxygen atoms in total. The second-order valence-corrected chi connectivity index (χ2v) is 5.40. The molecule has 2 aromatic carbocycles. The Morgan fingerprint density at radius 3 is 2.33 bits per heavy atom. The third-order valence-electron chi connectivity index (χ3n) is 3.17.